The third-order valence-corrected chi connectivity index (χ3v) is 4.77. The van der Waals surface area contributed by atoms with Gasteiger partial charge in [0.2, 0.25) is 0 Å². The summed E-state index contributed by atoms with van der Waals surface area (Å²) in [7, 11) is 1.52. The monoisotopic (exact) mass is 388 g/mol. The summed E-state index contributed by atoms with van der Waals surface area (Å²) in [6.07, 6.45) is 1.38. The van der Waals surface area contributed by atoms with Crippen molar-refractivity contribution in [3.05, 3.63) is 46.3 Å². The molecule has 0 amide bonds. The van der Waals surface area contributed by atoms with E-state index in [9.17, 15) is 9.59 Å². The molecule has 0 saturated carbocycles. The van der Waals surface area contributed by atoms with Crippen LogP contribution in [0, 0.1) is 0 Å². The topological polar surface area (TPSA) is 79.7 Å². The zero-order valence-corrected chi connectivity index (χ0v) is 16.0. The summed E-state index contributed by atoms with van der Waals surface area (Å²) < 4.78 is 16.6. The first kappa shape index (κ1) is 19.1. The van der Waals surface area contributed by atoms with E-state index in [1.165, 1.54) is 29.3 Å². The van der Waals surface area contributed by atoms with Gasteiger partial charge in [0.05, 0.1) is 24.9 Å². The summed E-state index contributed by atoms with van der Waals surface area (Å²) in [6, 6.07) is 7.54. The minimum atomic E-state index is -0.506. The molecular formula is C19H20N2O5S. The summed E-state index contributed by atoms with van der Waals surface area (Å²) in [5.74, 6) is 0.267. The van der Waals surface area contributed by atoms with E-state index >= 15 is 0 Å². The van der Waals surface area contributed by atoms with E-state index in [0.717, 1.165) is 16.9 Å². The second-order valence-corrected chi connectivity index (χ2v) is 6.54. The van der Waals surface area contributed by atoms with E-state index in [-0.39, 0.29) is 18.7 Å². The Morgan fingerprint density at radius 1 is 1.22 bits per heavy atom. The van der Waals surface area contributed by atoms with Crippen molar-refractivity contribution in [3.8, 4) is 16.9 Å². The molecule has 2 aromatic heterocycles. The minimum Gasteiger partial charge on any atom is -0.494 e. The largest absolute Gasteiger partial charge is 0.494 e. The third-order valence-electron chi connectivity index (χ3n) is 3.89. The van der Waals surface area contributed by atoms with Crippen LogP contribution >= 0.6 is 11.3 Å². The van der Waals surface area contributed by atoms with Crippen LogP contribution in [0.25, 0.3) is 21.3 Å². The van der Waals surface area contributed by atoms with E-state index in [0.29, 0.717) is 23.4 Å². The van der Waals surface area contributed by atoms with Crippen molar-refractivity contribution in [2.75, 3.05) is 26.9 Å². The molecule has 0 aliphatic heterocycles. The first-order valence-corrected chi connectivity index (χ1v) is 9.36. The van der Waals surface area contributed by atoms with Crippen LogP contribution in [0.1, 0.15) is 6.92 Å². The molecule has 0 bridgehead atoms. The summed E-state index contributed by atoms with van der Waals surface area (Å²) in [5.41, 5.74) is 1.41. The molecule has 142 valence electrons. The molecule has 0 spiro atoms. The van der Waals surface area contributed by atoms with Crippen LogP contribution in [0.3, 0.4) is 0 Å². The maximum absolute atomic E-state index is 12.9. The minimum absolute atomic E-state index is 0.148. The van der Waals surface area contributed by atoms with Crippen LogP contribution in [-0.4, -0.2) is 42.5 Å². The number of esters is 1. The van der Waals surface area contributed by atoms with Crippen molar-refractivity contribution in [2.45, 2.75) is 13.5 Å². The van der Waals surface area contributed by atoms with Gasteiger partial charge in [-0.25, -0.2) is 4.98 Å². The molecule has 3 rings (SSSR count). The molecule has 0 saturated heterocycles. The maximum Gasteiger partial charge on any atom is 0.326 e. The van der Waals surface area contributed by atoms with Gasteiger partial charge >= 0.3 is 5.97 Å². The van der Waals surface area contributed by atoms with E-state index in [4.69, 9.17) is 14.2 Å². The highest BCUT2D eigenvalue weighted by molar-refractivity contribution is 7.17. The van der Waals surface area contributed by atoms with Gasteiger partial charge in [-0.15, -0.1) is 11.3 Å². The Balaban J connectivity index is 1.90. The number of nitrogens with zero attached hydrogens (tertiary/aromatic N) is 2. The van der Waals surface area contributed by atoms with Crippen LogP contribution in [0.2, 0.25) is 0 Å². The number of thiophene rings is 1. The lowest BCUT2D eigenvalue weighted by Crippen LogP contribution is -2.26. The van der Waals surface area contributed by atoms with Crippen molar-refractivity contribution < 1.29 is 19.0 Å². The van der Waals surface area contributed by atoms with Gasteiger partial charge in [0, 0.05) is 18.1 Å². The number of fused-ring (bicyclic) bond motifs is 1. The van der Waals surface area contributed by atoms with Crippen LogP contribution in [0.15, 0.2) is 40.8 Å². The predicted molar refractivity (Wildman–Crippen MR) is 103 cm³/mol. The second kappa shape index (κ2) is 8.79. The van der Waals surface area contributed by atoms with Crippen molar-refractivity contribution >= 4 is 27.5 Å². The van der Waals surface area contributed by atoms with E-state index in [1.54, 1.807) is 0 Å². The normalized spacial score (nSPS) is 10.9. The lowest BCUT2D eigenvalue weighted by atomic mass is 10.1. The molecule has 27 heavy (non-hydrogen) atoms. The zero-order valence-electron chi connectivity index (χ0n) is 15.1. The second-order valence-electron chi connectivity index (χ2n) is 5.68. The maximum atomic E-state index is 12.9. The van der Waals surface area contributed by atoms with Gasteiger partial charge in [-0.05, 0) is 24.6 Å². The molecular weight excluding hydrogens is 368 g/mol. The Bertz CT molecular complexity index is 978. The molecule has 0 atom stereocenters. The van der Waals surface area contributed by atoms with Gasteiger partial charge in [0.15, 0.2) is 0 Å². The number of hydrogen-bond donors (Lipinski definition) is 0. The fraction of sp³-hybridized carbons (Fsp3) is 0.316. The van der Waals surface area contributed by atoms with Crippen molar-refractivity contribution in [2.24, 2.45) is 0 Å². The van der Waals surface area contributed by atoms with Crippen molar-refractivity contribution in [3.63, 3.8) is 0 Å². The molecule has 0 radical (unpaired) electrons. The molecule has 7 nitrogen and oxygen atoms in total. The molecule has 3 aromatic rings. The number of aromatic nitrogens is 2. The van der Waals surface area contributed by atoms with Gasteiger partial charge in [0.1, 0.15) is 23.7 Å². The average molecular weight is 388 g/mol. The molecule has 0 fully saturated rings. The van der Waals surface area contributed by atoms with Crippen molar-refractivity contribution in [1.82, 2.24) is 9.55 Å². The predicted octanol–water partition coefficient (Wildman–Crippen LogP) is 2.71. The number of rotatable bonds is 8. The fourth-order valence-electron chi connectivity index (χ4n) is 2.61. The number of benzene rings is 1. The number of carbonyl (C=O) groups is 1. The highest BCUT2D eigenvalue weighted by Crippen LogP contribution is 2.31. The molecule has 0 aliphatic rings. The first-order valence-electron chi connectivity index (χ1n) is 8.48. The quantitative estimate of drug-likeness (QED) is 0.436. The van der Waals surface area contributed by atoms with Crippen LogP contribution in [-0.2, 0) is 20.8 Å². The SMILES string of the molecule is CCOc1ccc(-c2csc3ncn(CC(=O)OCCOC)c(=O)c23)cc1. The highest BCUT2D eigenvalue weighted by Gasteiger charge is 2.15. The standard InChI is InChI=1S/C19H20N2O5S/c1-3-25-14-6-4-13(5-7-14)15-11-27-18-17(15)19(23)21(12-20-18)10-16(22)26-9-8-24-2/h4-7,11-12H,3,8-10H2,1-2H3. The Labute approximate surface area is 160 Å². The zero-order chi connectivity index (χ0) is 19.2. The molecule has 2 heterocycles. The molecule has 8 heteroatoms. The third kappa shape index (κ3) is 4.35. The lowest BCUT2D eigenvalue weighted by molar-refractivity contribution is -0.145. The lowest BCUT2D eigenvalue weighted by Gasteiger charge is -2.07. The van der Waals surface area contributed by atoms with Gasteiger partial charge in [0.25, 0.3) is 5.56 Å². The first-order chi connectivity index (χ1) is 13.1. The van der Waals surface area contributed by atoms with E-state index in [1.807, 2.05) is 36.6 Å². The number of ether oxygens (including phenoxy) is 3. The number of hydrogen-bond acceptors (Lipinski definition) is 7. The molecule has 0 unspecified atom stereocenters. The summed E-state index contributed by atoms with van der Waals surface area (Å²) in [6.45, 7) is 2.79. The van der Waals surface area contributed by atoms with Crippen LogP contribution in [0.5, 0.6) is 5.75 Å². The fourth-order valence-corrected chi connectivity index (χ4v) is 3.52. The van der Waals surface area contributed by atoms with Gasteiger partial charge in [-0.3, -0.25) is 14.2 Å². The average Bonchev–Trinajstić information content (AvgIpc) is 3.10. The van der Waals surface area contributed by atoms with Crippen LogP contribution in [0.4, 0.5) is 0 Å². The smallest absolute Gasteiger partial charge is 0.326 e. The Morgan fingerprint density at radius 2 is 2.00 bits per heavy atom. The summed E-state index contributed by atoms with van der Waals surface area (Å²) in [4.78, 5) is 29.7. The Kier molecular flexibility index (Phi) is 6.20. The number of carbonyl (C=O) groups excluding carboxylic acids is 1. The van der Waals surface area contributed by atoms with Crippen molar-refractivity contribution in [1.29, 1.82) is 0 Å². The van der Waals surface area contributed by atoms with Crippen LogP contribution < -0.4 is 10.3 Å². The van der Waals surface area contributed by atoms with Gasteiger partial charge < -0.3 is 14.2 Å². The summed E-state index contributed by atoms with van der Waals surface area (Å²) in [5, 5.41) is 2.40. The highest BCUT2D eigenvalue weighted by atomic mass is 32.1. The molecule has 1 aromatic carbocycles. The van der Waals surface area contributed by atoms with E-state index in [2.05, 4.69) is 4.98 Å². The molecule has 0 aliphatic carbocycles. The Hall–Kier alpha value is -2.71. The Morgan fingerprint density at radius 3 is 2.70 bits per heavy atom. The summed E-state index contributed by atoms with van der Waals surface area (Å²) >= 11 is 1.39. The van der Waals surface area contributed by atoms with E-state index < -0.39 is 5.97 Å². The van der Waals surface area contributed by atoms with Gasteiger partial charge in [-0.1, -0.05) is 12.1 Å². The molecule has 0 N–H and O–H groups in total. The van der Waals surface area contributed by atoms with Gasteiger partial charge in [-0.2, -0.15) is 0 Å². The number of methoxy groups -OCH3 is 1.